The number of Topliss-reactive ketones (excluding diaryl/α,β-unsaturated/α-hetero) is 3. The van der Waals surface area contributed by atoms with Crippen molar-refractivity contribution in [1.29, 1.82) is 0 Å². The van der Waals surface area contributed by atoms with Gasteiger partial charge >= 0.3 is 6.03 Å². The maximum absolute atomic E-state index is 14.4. The van der Waals surface area contributed by atoms with Crippen LogP contribution in [0.3, 0.4) is 0 Å². The van der Waals surface area contributed by atoms with Gasteiger partial charge in [-0.3, -0.25) is 19.2 Å². The van der Waals surface area contributed by atoms with Crippen LogP contribution in [-0.4, -0.2) is 90.4 Å². The topological polar surface area (TPSA) is 150 Å². The lowest BCUT2D eigenvalue weighted by molar-refractivity contribution is -0.144. The minimum Gasteiger partial charge on any atom is -0.334 e. The summed E-state index contributed by atoms with van der Waals surface area (Å²) in [7, 11) is -3.42. The molecule has 274 valence electrons. The van der Waals surface area contributed by atoms with Gasteiger partial charge in [0.2, 0.25) is 21.7 Å². The Bertz CT molecular complexity index is 1450. The average Bonchev–Trinajstić information content (AvgIpc) is 3.31. The number of nitrogens with one attached hydrogen (secondary N) is 2. The number of rotatable bonds is 15. The molecule has 0 bridgehead atoms. The highest BCUT2D eigenvalue weighted by molar-refractivity contribution is 7.89. The lowest BCUT2D eigenvalue weighted by Crippen LogP contribution is -2.62. The van der Waals surface area contributed by atoms with Crippen molar-refractivity contribution in [1.82, 2.24) is 19.8 Å². The van der Waals surface area contributed by atoms with E-state index < -0.39 is 68.4 Å². The molecule has 11 nitrogen and oxygen atoms in total. The van der Waals surface area contributed by atoms with E-state index in [-0.39, 0.29) is 61.0 Å². The van der Waals surface area contributed by atoms with Crippen molar-refractivity contribution in [3.63, 3.8) is 0 Å². The number of carbonyl (C=O) groups is 5. The van der Waals surface area contributed by atoms with Gasteiger partial charge in [0, 0.05) is 50.9 Å². The Morgan fingerprint density at radius 3 is 2.24 bits per heavy atom. The molecule has 2 heterocycles. The van der Waals surface area contributed by atoms with Crippen molar-refractivity contribution in [2.24, 2.45) is 34.0 Å². The second-order valence-electron chi connectivity index (χ2n) is 16.8. The number of allylic oxidation sites excluding steroid dienone is 1. The second kappa shape index (κ2) is 15.5. The molecule has 2 N–H and O–H groups in total. The highest BCUT2D eigenvalue weighted by Crippen LogP contribution is 2.65. The third-order valence-electron chi connectivity index (χ3n) is 10.7. The van der Waals surface area contributed by atoms with Gasteiger partial charge in [0.1, 0.15) is 6.04 Å². The van der Waals surface area contributed by atoms with Crippen LogP contribution in [0.2, 0.25) is 0 Å². The summed E-state index contributed by atoms with van der Waals surface area (Å²) in [6, 6.07) is -2.97. The molecule has 2 aliphatic heterocycles. The van der Waals surface area contributed by atoms with E-state index in [0.717, 1.165) is 6.42 Å². The number of nitrogens with zero attached hydrogens (tertiary/aromatic N) is 2. The van der Waals surface area contributed by atoms with Crippen LogP contribution in [0, 0.1) is 46.3 Å². The standard InChI is InChI=1S/C37H58N4O7S/c1-11-13-17-24(31(44)26(42)18-14-12-2)21-27(43)30-29-25(37(29,9)10)22-41(30)33(45)32(36(6,7)8)39-34(46)38-28(35(3,4)5)23-40-19-15-16-20-49(40,47)48/h1,12,24-25,28-30,32H,2,13-23H2,3-10H3,(H2,38,39,46)/t24?,25-,28+,29-,30+,32+/m0/s1. The number of carbonyl (C=O) groups excluding carboxylic acids is 5. The molecule has 12 heteroatoms. The normalized spacial score (nSPS) is 24.8. The zero-order valence-electron chi connectivity index (χ0n) is 30.8. The first-order valence-corrected chi connectivity index (χ1v) is 19.2. The van der Waals surface area contributed by atoms with Crippen LogP contribution in [0.5, 0.6) is 0 Å². The quantitative estimate of drug-likeness (QED) is 0.148. The molecule has 0 aromatic rings. The van der Waals surface area contributed by atoms with Gasteiger partial charge in [0.05, 0.1) is 11.8 Å². The maximum Gasteiger partial charge on any atom is 0.315 e. The third-order valence-corrected chi connectivity index (χ3v) is 12.6. The maximum atomic E-state index is 14.4. The molecule has 3 amide bonds. The van der Waals surface area contributed by atoms with E-state index in [1.165, 1.54) is 4.31 Å². The molecule has 1 unspecified atom stereocenters. The lowest BCUT2D eigenvalue weighted by atomic mass is 9.83. The van der Waals surface area contributed by atoms with Crippen molar-refractivity contribution in [2.75, 3.05) is 25.4 Å². The first kappa shape index (κ1) is 40.4. The Labute approximate surface area is 293 Å². The van der Waals surface area contributed by atoms with Gasteiger partial charge in [-0.05, 0) is 53.8 Å². The Kier molecular flexibility index (Phi) is 12.7. The summed E-state index contributed by atoms with van der Waals surface area (Å²) in [5, 5.41) is 5.83. The number of hydrogen-bond acceptors (Lipinski definition) is 7. The van der Waals surface area contributed by atoms with E-state index in [9.17, 15) is 32.4 Å². The van der Waals surface area contributed by atoms with E-state index in [1.54, 1.807) is 11.0 Å². The number of amides is 3. The first-order valence-electron chi connectivity index (χ1n) is 17.6. The molecule has 0 radical (unpaired) electrons. The number of likely N-dealkylation sites (tertiary alicyclic amines) is 1. The number of hydrogen-bond donors (Lipinski definition) is 2. The molecule has 0 aromatic heterocycles. The predicted molar refractivity (Wildman–Crippen MR) is 190 cm³/mol. The Morgan fingerprint density at radius 1 is 1.04 bits per heavy atom. The van der Waals surface area contributed by atoms with E-state index in [2.05, 4.69) is 37.0 Å². The number of fused-ring (bicyclic) bond motifs is 1. The molecule has 49 heavy (non-hydrogen) atoms. The Balaban J connectivity index is 1.83. The fourth-order valence-electron chi connectivity index (χ4n) is 7.34. The number of terminal acetylenes is 1. The summed E-state index contributed by atoms with van der Waals surface area (Å²) in [6.45, 7) is 19.8. The van der Waals surface area contributed by atoms with Crippen LogP contribution in [-0.2, 0) is 29.2 Å². The summed E-state index contributed by atoms with van der Waals surface area (Å²) in [5.41, 5.74) is -1.43. The first-order chi connectivity index (χ1) is 22.6. The van der Waals surface area contributed by atoms with Crippen LogP contribution in [0.15, 0.2) is 12.7 Å². The minimum absolute atomic E-state index is 0.0136. The average molecular weight is 703 g/mol. The number of sulfonamides is 1. The van der Waals surface area contributed by atoms with Gasteiger partial charge in [-0.2, -0.15) is 4.31 Å². The highest BCUT2D eigenvalue weighted by atomic mass is 32.2. The fraction of sp³-hybridized carbons (Fsp3) is 0.757. The largest absolute Gasteiger partial charge is 0.334 e. The van der Waals surface area contributed by atoms with Crippen molar-refractivity contribution in [3.05, 3.63) is 12.7 Å². The SMILES string of the molecule is C#CCCC(CC(=O)[C@@H]1[C@@H]2[C@H](CN1C(=O)[C@@H](NC(=O)N[C@H](CN1CCCCS1(=O)=O)C(C)(C)C)C(C)(C)C)C2(C)C)C(=O)C(=O)CCC=C. The van der Waals surface area contributed by atoms with Gasteiger partial charge < -0.3 is 15.5 Å². The summed E-state index contributed by atoms with van der Waals surface area (Å²) < 4.78 is 26.9. The zero-order valence-corrected chi connectivity index (χ0v) is 31.6. The smallest absolute Gasteiger partial charge is 0.315 e. The zero-order chi connectivity index (χ0) is 37.1. The fourth-order valence-corrected chi connectivity index (χ4v) is 8.96. The van der Waals surface area contributed by atoms with Crippen LogP contribution in [0.25, 0.3) is 0 Å². The molecule has 0 aromatic carbocycles. The van der Waals surface area contributed by atoms with Crippen molar-refractivity contribution >= 4 is 39.3 Å². The van der Waals surface area contributed by atoms with E-state index in [0.29, 0.717) is 25.9 Å². The second-order valence-corrected chi connectivity index (χ2v) is 18.9. The van der Waals surface area contributed by atoms with E-state index in [1.807, 2.05) is 41.5 Å². The lowest BCUT2D eigenvalue weighted by Gasteiger charge is -2.39. The monoisotopic (exact) mass is 702 g/mol. The van der Waals surface area contributed by atoms with Gasteiger partial charge in [-0.15, -0.1) is 18.9 Å². The molecular weight excluding hydrogens is 644 g/mol. The molecule has 6 atom stereocenters. The van der Waals surface area contributed by atoms with Gasteiger partial charge in [0.15, 0.2) is 11.6 Å². The predicted octanol–water partition coefficient (Wildman–Crippen LogP) is 4.12. The van der Waals surface area contributed by atoms with Crippen molar-refractivity contribution in [2.45, 2.75) is 118 Å². The summed E-state index contributed by atoms with van der Waals surface area (Å²) in [4.78, 5) is 69.5. The molecule has 3 rings (SSSR count). The van der Waals surface area contributed by atoms with Gasteiger partial charge in [-0.25, -0.2) is 13.2 Å². The van der Waals surface area contributed by atoms with Gasteiger partial charge in [0.25, 0.3) is 0 Å². The van der Waals surface area contributed by atoms with Gasteiger partial charge in [-0.1, -0.05) is 61.5 Å². The molecule has 3 aliphatic rings. The van der Waals surface area contributed by atoms with Crippen LogP contribution < -0.4 is 10.6 Å². The van der Waals surface area contributed by atoms with E-state index in [4.69, 9.17) is 6.42 Å². The molecule has 2 saturated heterocycles. The van der Waals surface area contributed by atoms with Crippen molar-refractivity contribution < 1.29 is 32.4 Å². The molecular formula is C37H58N4O7S. The Morgan fingerprint density at radius 2 is 1.69 bits per heavy atom. The summed E-state index contributed by atoms with van der Waals surface area (Å²) in [5.74, 6) is -0.206. The van der Waals surface area contributed by atoms with Crippen LogP contribution in [0.1, 0.15) is 100 Å². The molecule has 1 aliphatic carbocycles. The summed E-state index contributed by atoms with van der Waals surface area (Å²) >= 11 is 0. The minimum atomic E-state index is -3.42. The highest BCUT2D eigenvalue weighted by Gasteiger charge is 2.69. The number of piperidine rings is 1. The number of urea groups is 1. The number of ketones is 3. The summed E-state index contributed by atoms with van der Waals surface area (Å²) in [6.07, 6.45) is 8.98. The van der Waals surface area contributed by atoms with Crippen molar-refractivity contribution in [3.8, 4) is 12.3 Å². The molecule has 0 spiro atoms. The third kappa shape index (κ3) is 9.60. The Hall–Kier alpha value is -3.04. The molecule has 3 fully saturated rings. The van der Waals surface area contributed by atoms with Crippen LogP contribution in [0.4, 0.5) is 4.79 Å². The van der Waals surface area contributed by atoms with Crippen LogP contribution >= 0.6 is 0 Å². The molecule has 1 saturated carbocycles. The van der Waals surface area contributed by atoms with E-state index >= 15 is 0 Å².